The van der Waals surface area contributed by atoms with Gasteiger partial charge in [0.05, 0.1) is 19.0 Å². The lowest BCUT2D eigenvalue weighted by atomic mass is 10.2. The van der Waals surface area contributed by atoms with Crippen molar-refractivity contribution in [3.63, 3.8) is 0 Å². The molecule has 0 aliphatic carbocycles. The summed E-state index contributed by atoms with van der Waals surface area (Å²) in [7, 11) is 0. The van der Waals surface area contributed by atoms with E-state index in [2.05, 4.69) is 29.3 Å². The largest absolute Gasteiger partial charge is 0.198 e. The molecule has 0 aromatic carbocycles. The molecule has 0 atom stereocenters. The fourth-order valence-electron chi connectivity index (χ4n) is 0.822. The molecule has 0 saturated heterocycles. The molecule has 12 heavy (non-hydrogen) atoms. The van der Waals surface area contributed by atoms with Crippen molar-refractivity contribution in [2.45, 2.75) is 26.8 Å². The normalized spacial score (nSPS) is 10.2. The average molecular weight is 165 g/mol. The Morgan fingerprint density at radius 2 is 2.33 bits per heavy atom. The van der Waals surface area contributed by atoms with Crippen LogP contribution in [0.15, 0.2) is 0 Å². The quantitative estimate of drug-likeness (QED) is 0.650. The molecule has 1 rings (SSSR count). The maximum Gasteiger partial charge on any atom is 0.188 e. The molecule has 5 heteroatoms. The van der Waals surface area contributed by atoms with Gasteiger partial charge in [0.2, 0.25) is 0 Å². The molecule has 1 heterocycles. The van der Waals surface area contributed by atoms with Crippen LogP contribution in [0, 0.1) is 17.2 Å². The van der Waals surface area contributed by atoms with Crippen LogP contribution in [0.4, 0.5) is 0 Å². The van der Waals surface area contributed by atoms with E-state index in [1.165, 1.54) is 4.80 Å². The number of nitriles is 1. The van der Waals surface area contributed by atoms with Crippen LogP contribution in [0.3, 0.4) is 0 Å². The second-order valence-corrected chi connectivity index (χ2v) is 2.99. The fraction of sp³-hybridized carbons (Fsp3) is 0.714. The molecule has 0 unspecified atom stereocenters. The van der Waals surface area contributed by atoms with Crippen molar-refractivity contribution < 1.29 is 0 Å². The summed E-state index contributed by atoms with van der Waals surface area (Å²) in [5.74, 6) is 0.993. The molecule has 5 nitrogen and oxygen atoms in total. The molecule has 1 aromatic rings. The van der Waals surface area contributed by atoms with Crippen molar-refractivity contribution in [3.05, 3.63) is 5.82 Å². The van der Waals surface area contributed by atoms with E-state index >= 15 is 0 Å². The molecule has 0 aliphatic rings. The van der Waals surface area contributed by atoms with Crippen molar-refractivity contribution in [1.82, 2.24) is 20.2 Å². The van der Waals surface area contributed by atoms with Gasteiger partial charge in [-0.3, -0.25) is 0 Å². The van der Waals surface area contributed by atoms with E-state index < -0.39 is 0 Å². The van der Waals surface area contributed by atoms with Gasteiger partial charge in [-0.05, 0) is 11.1 Å². The van der Waals surface area contributed by atoms with E-state index in [-0.39, 0.29) is 6.42 Å². The summed E-state index contributed by atoms with van der Waals surface area (Å²) in [6.45, 7) is 4.90. The molecule has 1 aromatic heterocycles. The molecule has 0 radical (unpaired) electrons. The monoisotopic (exact) mass is 165 g/mol. The minimum atomic E-state index is 0.234. The van der Waals surface area contributed by atoms with Crippen molar-refractivity contribution in [2.24, 2.45) is 5.92 Å². The summed E-state index contributed by atoms with van der Waals surface area (Å²) < 4.78 is 0. The van der Waals surface area contributed by atoms with Gasteiger partial charge in [-0.15, -0.1) is 10.2 Å². The van der Waals surface area contributed by atoms with Gasteiger partial charge in [-0.1, -0.05) is 13.8 Å². The fourth-order valence-corrected chi connectivity index (χ4v) is 0.822. The summed E-state index contributed by atoms with van der Waals surface area (Å²) in [5, 5.41) is 19.9. The molecule has 0 saturated carbocycles. The predicted molar refractivity (Wildman–Crippen MR) is 42.0 cm³/mol. The van der Waals surface area contributed by atoms with Crippen LogP contribution in [0.5, 0.6) is 0 Å². The van der Waals surface area contributed by atoms with Gasteiger partial charge < -0.3 is 0 Å². The summed E-state index contributed by atoms with van der Waals surface area (Å²) >= 11 is 0. The van der Waals surface area contributed by atoms with E-state index in [0.29, 0.717) is 11.7 Å². The molecule has 0 N–H and O–H groups in total. The van der Waals surface area contributed by atoms with Gasteiger partial charge in [-0.25, -0.2) is 0 Å². The number of rotatable bonds is 3. The van der Waals surface area contributed by atoms with Crippen LogP contribution in [-0.2, 0) is 13.0 Å². The summed E-state index contributed by atoms with van der Waals surface area (Å²) in [6, 6.07) is 1.97. The van der Waals surface area contributed by atoms with E-state index in [0.717, 1.165) is 6.54 Å². The molecule has 0 amide bonds. The van der Waals surface area contributed by atoms with Gasteiger partial charge in [-0.2, -0.15) is 10.1 Å². The zero-order chi connectivity index (χ0) is 8.97. The van der Waals surface area contributed by atoms with Crippen molar-refractivity contribution in [2.75, 3.05) is 0 Å². The number of hydrogen-bond acceptors (Lipinski definition) is 4. The highest BCUT2D eigenvalue weighted by Gasteiger charge is 2.02. The summed E-state index contributed by atoms with van der Waals surface area (Å²) in [4.78, 5) is 1.53. The van der Waals surface area contributed by atoms with Crippen LogP contribution in [0.2, 0.25) is 0 Å². The van der Waals surface area contributed by atoms with Gasteiger partial charge in [0.15, 0.2) is 5.82 Å². The lowest BCUT2D eigenvalue weighted by molar-refractivity contribution is 0.428. The van der Waals surface area contributed by atoms with E-state index in [1.54, 1.807) is 0 Å². The zero-order valence-corrected chi connectivity index (χ0v) is 7.23. The van der Waals surface area contributed by atoms with E-state index in [1.807, 2.05) is 6.07 Å². The highest BCUT2D eigenvalue weighted by Crippen LogP contribution is 1.95. The SMILES string of the molecule is CC(C)Cn1nnc(CC#N)n1. The first-order chi connectivity index (χ1) is 5.72. The Kier molecular flexibility index (Phi) is 2.75. The highest BCUT2D eigenvalue weighted by molar-refractivity contribution is 4.89. The Hall–Kier alpha value is -1.44. The number of tetrazole rings is 1. The first kappa shape index (κ1) is 8.65. The average Bonchev–Trinajstić information content (AvgIpc) is 2.36. The molecular weight excluding hydrogens is 154 g/mol. The predicted octanol–water partition coefficient (Wildman–Crippen LogP) is 0.395. The second kappa shape index (κ2) is 3.81. The van der Waals surface area contributed by atoms with Gasteiger partial charge >= 0.3 is 0 Å². The molecule has 0 aliphatic heterocycles. The Bertz CT molecular complexity index is 282. The highest BCUT2D eigenvalue weighted by atomic mass is 15.6. The van der Waals surface area contributed by atoms with Crippen LogP contribution in [-0.4, -0.2) is 20.2 Å². The van der Waals surface area contributed by atoms with Crippen LogP contribution in [0.1, 0.15) is 19.7 Å². The minimum Gasteiger partial charge on any atom is -0.198 e. The van der Waals surface area contributed by atoms with Crippen molar-refractivity contribution in [1.29, 1.82) is 5.26 Å². The number of hydrogen-bond donors (Lipinski definition) is 0. The minimum absolute atomic E-state index is 0.234. The Labute approximate surface area is 71.0 Å². The van der Waals surface area contributed by atoms with E-state index in [4.69, 9.17) is 5.26 Å². The van der Waals surface area contributed by atoms with Gasteiger partial charge in [0.1, 0.15) is 0 Å². The Morgan fingerprint density at radius 3 is 2.92 bits per heavy atom. The van der Waals surface area contributed by atoms with Gasteiger partial charge in [0, 0.05) is 0 Å². The molecule has 64 valence electrons. The number of nitrogens with zero attached hydrogens (tertiary/aromatic N) is 5. The maximum absolute atomic E-state index is 8.34. The third-order valence-electron chi connectivity index (χ3n) is 1.26. The maximum atomic E-state index is 8.34. The lowest BCUT2D eigenvalue weighted by Gasteiger charge is -1.99. The van der Waals surface area contributed by atoms with E-state index in [9.17, 15) is 0 Å². The summed E-state index contributed by atoms with van der Waals surface area (Å²) in [5.41, 5.74) is 0. The molecule has 0 bridgehead atoms. The van der Waals surface area contributed by atoms with Gasteiger partial charge in [0.25, 0.3) is 0 Å². The first-order valence-electron chi connectivity index (χ1n) is 3.86. The smallest absolute Gasteiger partial charge is 0.188 e. The van der Waals surface area contributed by atoms with Crippen LogP contribution < -0.4 is 0 Å². The topological polar surface area (TPSA) is 67.4 Å². The lowest BCUT2D eigenvalue weighted by Crippen LogP contribution is -2.08. The van der Waals surface area contributed by atoms with Crippen LogP contribution in [0.25, 0.3) is 0 Å². The summed E-state index contributed by atoms with van der Waals surface area (Å²) in [6.07, 6.45) is 0.234. The molecule has 0 spiro atoms. The molecule has 0 fully saturated rings. The zero-order valence-electron chi connectivity index (χ0n) is 7.23. The Morgan fingerprint density at radius 1 is 1.58 bits per heavy atom. The second-order valence-electron chi connectivity index (χ2n) is 2.99. The standard InChI is InChI=1S/C7H11N5/c1-6(2)5-12-10-7(3-4-8)9-11-12/h6H,3,5H2,1-2H3. The molecular formula is C7H11N5. The first-order valence-corrected chi connectivity index (χ1v) is 3.86. The van der Waals surface area contributed by atoms with Crippen molar-refractivity contribution >= 4 is 0 Å². The van der Waals surface area contributed by atoms with Crippen molar-refractivity contribution in [3.8, 4) is 6.07 Å². The third-order valence-corrected chi connectivity index (χ3v) is 1.26. The Balaban J connectivity index is 2.59. The number of aromatic nitrogens is 4. The third kappa shape index (κ3) is 2.31. The van der Waals surface area contributed by atoms with Crippen LogP contribution >= 0.6 is 0 Å².